The number of rotatable bonds is 5. The molecule has 0 aliphatic carbocycles. The van der Waals surface area contributed by atoms with Crippen molar-refractivity contribution in [2.45, 2.75) is 19.4 Å². The first kappa shape index (κ1) is 14.4. The summed E-state index contributed by atoms with van der Waals surface area (Å²) in [5, 5.41) is 28.4. The van der Waals surface area contributed by atoms with E-state index in [9.17, 15) is 14.9 Å². The van der Waals surface area contributed by atoms with Gasteiger partial charge in [-0.3, -0.25) is 10.1 Å². The normalized spacial score (nSPS) is 11.4. The first-order valence-electron chi connectivity index (χ1n) is 5.36. The Balaban J connectivity index is 3.24. The summed E-state index contributed by atoms with van der Waals surface area (Å²) in [5.74, 6) is -1.24. The predicted octanol–water partition coefficient (Wildman–Crippen LogP) is 1.43. The lowest BCUT2D eigenvalue weighted by molar-refractivity contribution is -0.384. The van der Waals surface area contributed by atoms with Gasteiger partial charge in [0.2, 0.25) is 5.82 Å². The lowest BCUT2D eigenvalue weighted by atomic mass is 10.2. The Morgan fingerprint density at radius 2 is 2.37 bits per heavy atom. The van der Waals surface area contributed by atoms with Gasteiger partial charge in [-0.25, -0.2) is 9.78 Å². The van der Waals surface area contributed by atoms with Gasteiger partial charge in [-0.2, -0.15) is 5.26 Å². The minimum atomic E-state index is -1.28. The predicted molar refractivity (Wildman–Crippen MR) is 65.9 cm³/mol. The summed E-state index contributed by atoms with van der Waals surface area (Å²) >= 11 is 0. The zero-order chi connectivity index (χ0) is 14.6. The van der Waals surface area contributed by atoms with Crippen molar-refractivity contribution < 1.29 is 14.8 Å². The maximum absolute atomic E-state index is 11.0. The molecule has 0 aliphatic heterocycles. The Labute approximate surface area is 109 Å². The zero-order valence-electron chi connectivity index (χ0n) is 10.4. The number of hydrogen-bond donors (Lipinski definition) is 1. The molecule has 0 spiro atoms. The van der Waals surface area contributed by atoms with Crippen LogP contribution in [0.2, 0.25) is 0 Å². The molecule has 1 aromatic rings. The van der Waals surface area contributed by atoms with Crippen molar-refractivity contribution in [3.05, 3.63) is 27.9 Å². The van der Waals surface area contributed by atoms with E-state index in [1.54, 1.807) is 14.0 Å². The lowest BCUT2D eigenvalue weighted by Gasteiger charge is -2.23. The summed E-state index contributed by atoms with van der Waals surface area (Å²) in [7, 11) is 1.57. The highest BCUT2D eigenvalue weighted by atomic mass is 16.6. The molecule has 1 unspecified atom stereocenters. The maximum atomic E-state index is 11.0. The van der Waals surface area contributed by atoms with Gasteiger partial charge in [0, 0.05) is 25.4 Å². The number of aromatic carboxylic acids is 1. The lowest BCUT2D eigenvalue weighted by Crippen LogP contribution is -2.30. The first-order valence-corrected chi connectivity index (χ1v) is 5.36. The highest BCUT2D eigenvalue weighted by molar-refractivity contribution is 5.88. The molecule has 1 N–H and O–H groups in total. The van der Waals surface area contributed by atoms with Crippen LogP contribution in [0.4, 0.5) is 11.5 Å². The molecule has 1 heterocycles. The first-order chi connectivity index (χ1) is 8.88. The van der Waals surface area contributed by atoms with Gasteiger partial charge in [-0.15, -0.1) is 0 Å². The number of nitrogens with zero attached hydrogens (tertiary/aromatic N) is 4. The van der Waals surface area contributed by atoms with Crippen LogP contribution in [0.5, 0.6) is 0 Å². The largest absolute Gasteiger partial charge is 0.478 e. The van der Waals surface area contributed by atoms with Crippen molar-refractivity contribution in [2.75, 3.05) is 11.9 Å². The van der Waals surface area contributed by atoms with Crippen molar-refractivity contribution in [3.63, 3.8) is 0 Å². The summed E-state index contributed by atoms with van der Waals surface area (Å²) < 4.78 is 0. The van der Waals surface area contributed by atoms with Crippen LogP contribution in [0.3, 0.4) is 0 Å². The Bertz CT molecular complexity index is 552. The summed E-state index contributed by atoms with van der Waals surface area (Å²) in [6.45, 7) is 1.72. The van der Waals surface area contributed by atoms with Gasteiger partial charge in [0.15, 0.2) is 0 Å². The van der Waals surface area contributed by atoms with Crippen molar-refractivity contribution in [1.29, 1.82) is 5.26 Å². The molecule has 8 heteroatoms. The Morgan fingerprint density at radius 1 is 1.74 bits per heavy atom. The topological polar surface area (TPSA) is 120 Å². The third-order valence-electron chi connectivity index (χ3n) is 2.67. The molecule has 19 heavy (non-hydrogen) atoms. The standard InChI is InChI=1S/C11H12N4O4/c1-7(3-4-12)14(2)10-9(15(18)19)5-8(6-13-10)11(16)17/h5-7H,3H2,1-2H3,(H,16,17). The second kappa shape index (κ2) is 5.77. The quantitative estimate of drug-likeness (QED) is 0.630. The van der Waals surface area contributed by atoms with Gasteiger partial charge < -0.3 is 10.0 Å². The number of hydrogen-bond acceptors (Lipinski definition) is 6. The number of carboxylic acids is 1. The van der Waals surface area contributed by atoms with Gasteiger partial charge in [0.25, 0.3) is 0 Å². The third kappa shape index (κ3) is 3.16. The van der Waals surface area contributed by atoms with Crippen LogP contribution in [-0.4, -0.2) is 34.1 Å². The van der Waals surface area contributed by atoms with Gasteiger partial charge in [-0.05, 0) is 6.92 Å². The van der Waals surface area contributed by atoms with E-state index in [2.05, 4.69) is 4.98 Å². The second-order valence-electron chi connectivity index (χ2n) is 3.95. The van der Waals surface area contributed by atoms with E-state index in [-0.39, 0.29) is 23.8 Å². The number of pyridine rings is 1. The van der Waals surface area contributed by atoms with Crippen molar-refractivity contribution in [1.82, 2.24) is 4.98 Å². The third-order valence-corrected chi connectivity index (χ3v) is 2.67. The van der Waals surface area contributed by atoms with Crippen LogP contribution in [0, 0.1) is 21.4 Å². The number of anilines is 1. The molecule has 0 bridgehead atoms. The number of nitro groups is 1. The minimum Gasteiger partial charge on any atom is -0.478 e. The average Bonchev–Trinajstić information content (AvgIpc) is 2.37. The summed E-state index contributed by atoms with van der Waals surface area (Å²) in [6, 6.07) is 2.65. The fraction of sp³-hybridized carbons (Fsp3) is 0.364. The highest BCUT2D eigenvalue weighted by Gasteiger charge is 2.24. The van der Waals surface area contributed by atoms with E-state index in [0.717, 1.165) is 12.3 Å². The van der Waals surface area contributed by atoms with E-state index in [4.69, 9.17) is 10.4 Å². The van der Waals surface area contributed by atoms with Crippen LogP contribution in [-0.2, 0) is 0 Å². The van der Waals surface area contributed by atoms with Gasteiger partial charge in [-0.1, -0.05) is 0 Å². The molecule has 0 radical (unpaired) electrons. The Hall–Kier alpha value is -2.69. The number of nitriles is 1. The summed E-state index contributed by atoms with van der Waals surface area (Å²) in [5.41, 5.74) is -0.649. The van der Waals surface area contributed by atoms with Crippen LogP contribution < -0.4 is 4.90 Å². The Kier molecular flexibility index (Phi) is 4.36. The van der Waals surface area contributed by atoms with E-state index >= 15 is 0 Å². The molecule has 0 fully saturated rings. The SMILES string of the molecule is CC(CC#N)N(C)c1ncc(C(=O)O)cc1[N+](=O)[O-]. The molecular formula is C11H12N4O4. The summed E-state index contributed by atoms with van der Waals surface area (Å²) in [4.78, 5) is 26.3. The number of aromatic nitrogens is 1. The minimum absolute atomic E-state index is 0.0396. The van der Waals surface area contributed by atoms with Gasteiger partial charge in [0.05, 0.1) is 23.0 Å². The van der Waals surface area contributed by atoms with Crippen molar-refractivity contribution >= 4 is 17.5 Å². The van der Waals surface area contributed by atoms with Gasteiger partial charge in [0.1, 0.15) is 0 Å². The molecule has 1 atom stereocenters. The molecule has 8 nitrogen and oxygen atoms in total. The molecule has 0 saturated carbocycles. The average molecular weight is 264 g/mol. The molecule has 1 rings (SSSR count). The molecule has 0 amide bonds. The van der Waals surface area contributed by atoms with E-state index < -0.39 is 16.6 Å². The second-order valence-corrected chi connectivity index (χ2v) is 3.95. The fourth-order valence-corrected chi connectivity index (χ4v) is 1.45. The van der Waals surface area contributed by atoms with Crippen molar-refractivity contribution in [2.24, 2.45) is 0 Å². The monoisotopic (exact) mass is 264 g/mol. The molecule has 1 aromatic heterocycles. The van der Waals surface area contributed by atoms with Crippen LogP contribution in [0.25, 0.3) is 0 Å². The van der Waals surface area contributed by atoms with E-state index in [1.807, 2.05) is 6.07 Å². The van der Waals surface area contributed by atoms with E-state index in [0.29, 0.717) is 0 Å². The van der Waals surface area contributed by atoms with Crippen LogP contribution >= 0.6 is 0 Å². The molecule has 100 valence electrons. The number of carboxylic acid groups (broad SMARTS) is 1. The molecule has 0 aliphatic rings. The maximum Gasteiger partial charge on any atom is 0.337 e. The van der Waals surface area contributed by atoms with E-state index in [1.165, 1.54) is 4.90 Å². The molecular weight excluding hydrogens is 252 g/mol. The highest BCUT2D eigenvalue weighted by Crippen LogP contribution is 2.27. The number of carbonyl (C=O) groups is 1. The van der Waals surface area contributed by atoms with Crippen molar-refractivity contribution in [3.8, 4) is 6.07 Å². The zero-order valence-corrected chi connectivity index (χ0v) is 10.4. The molecule has 0 saturated heterocycles. The smallest absolute Gasteiger partial charge is 0.337 e. The summed E-state index contributed by atoms with van der Waals surface area (Å²) in [6.07, 6.45) is 1.23. The van der Waals surface area contributed by atoms with Crippen LogP contribution in [0.15, 0.2) is 12.3 Å². The van der Waals surface area contributed by atoms with Crippen LogP contribution in [0.1, 0.15) is 23.7 Å². The van der Waals surface area contributed by atoms with Gasteiger partial charge >= 0.3 is 11.7 Å². The Morgan fingerprint density at radius 3 is 2.84 bits per heavy atom. The fourth-order valence-electron chi connectivity index (χ4n) is 1.45. The molecule has 0 aromatic carbocycles.